The fraction of sp³-hybridized carbons (Fsp3) is 0.618. The van der Waals surface area contributed by atoms with Crippen LogP contribution in [0, 0.1) is 30.1 Å². The largest absolute Gasteiger partial charge is 0.489 e. The average molecular weight is 533 g/mol. The van der Waals surface area contributed by atoms with Crippen LogP contribution in [0.15, 0.2) is 42.5 Å². The predicted molar refractivity (Wildman–Crippen MR) is 151 cm³/mol. The molecule has 5 heteroatoms. The van der Waals surface area contributed by atoms with Crippen molar-refractivity contribution < 1.29 is 23.7 Å². The Morgan fingerprint density at radius 2 is 1.90 bits per heavy atom. The minimum Gasteiger partial charge on any atom is -0.489 e. The van der Waals surface area contributed by atoms with Gasteiger partial charge in [0.2, 0.25) is 0 Å². The van der Waals surface area contributed by atoms with E-state index < -0.39 is 5.79 Å². The van der Waals surface area contributed by atoms with Gasteiger partial charge in [0.1, 0.15) is 12.4 Å². The average Bonchev–Trinajstić information content (AvgIpc) is 3.51. The second-order valence-electron chi connectivity index (χ2n) is 12.5. The van der Waals surface area contributed by atoms with E-state index in [1.807, 2.05) is 13.0 Å². The van der Waals surface area contributed by atoms with Gasteiger partial charge in [-0.1, -0.05) is 43.3 Å². The standard InChI is InChI=1S/C34H44O5/c1-4-36-31(35)12-8-11-26-21-34(38-17-18-39-34)33(3)16-15-27-28(32(26)33)14-13-25-20-30(23(2)19-29(25)27)37-22-24-9-6-5-7-10-24/h5-7,9-10,19-20,26-28,32H,4,8,11-18,21-22H2,1-3H3/t26-,27-,28+,32-,33-/m0/s1. The summed E-state index contributed by atoms with van der Waals surface area (Å²) < 4.78 is 24.5. The second kappa shape index (κ2) is 10.9. The minimum atomic E-state index is -0.456. The number of rotatable bonds is 8. The first-order chi connectivity index (χ1) is 18.9. The molecule has 0 unspecified atom stereocenters. The molecule has 2 saturated carbocycles. The summed E-state index contributed by atoms with van der Waals surface area (Å²) in [6.07, 6.45) is 7.97. The molecular weight excluding hydrogens is 488 g/mol. The third kappa shape index (κ3) is 4.80. The van der Waals surface area contributed by atoms with Crippen LogP contribution in [-0.4, -0.2) is 31.6 Å². The number of aryl methyl sites for hydroxylation is 2. The summed E-state index contributed by atoms with van der Waals surface area (Å²) in [7, 11) is 0. The van der Waals surface area contributed by atoms with Gasteiger partial charge in [-0.15, -0.1) is 0 Å². The van der Waals surface area contributed by atoms with Crippen molar-refractivity contribution in [3.63, 3.8) is 0 Å². The fourth-order valence-electron chi connectivity index (χ4n) is 8.80. The summed E-state index contributed by atoms with van der Waals surface area (Å²) in [6.45, 7) is 8.96. The fourth-order valence-corrected chi connectivity index (χ4v) is 8.80. The molecule has 210 valence electrons. The van der Waals surface area contributed by atoms with E-state index in [2.05, 4.69) is 50.2 Å². The molecule has 5 nitrogen and oxygen atoms in total. The lowest BCUT2D eigenvalue weighted by molar-refractivity contribution is -0.237. The van der Waals surface area contributed by atoms with E-state index in [1.165, 1.54) is 35.1 Å². The highest BCUT2D eigenvalue weighted by atomic mass is 16.7. The van der Waals surface area contributed by atoms with Crippen molar-refractivity contribution in [3.8, 4) is 5.75 Å². The van der Waals surface area contributed by atoms with Crippen LogP contribution in [0.1, 0.15) is 87.0 Å². The molecule has 1 saturated heterocycles. The molecule has 4 aliphatic rings. The Hall–Kier alpha value is -2.37. The molecular formula is C34H44O5. The van der Waals surface area contributed by atoms with Gasteiger partial charge in [0, 0.05) is 18.3 Å². The quantitative estimate of drug-likeness (QED) is 0.339. The smallest absolute Gasteiger partial charge is 0.305 e. The van der Waals surface area contributed by atoms with Gasteiger partial charge in [-0.05, 0) is 104 Å². The molecule has 3 fully saturated rings. The Balaban J connectivity index is 1.23. The first-order valence-corrected chi connectivity index (χ1v) is 15.2. The van der Waals surface area contributed by atoms with E-state index in [4.69, 9.17) is 18.9 Å². The summed E-state index contributed by atoms with van der Waals surface area (Å²) in [5, 5.41) is 0. The van der Waals surface area contributed by atoms with Crippen molar-refractivity contribution in [1.29, 1.82) is 0 Å². The van der Waals surface area contributed by atoms with Crippen LogP contribution in [0.3, 0.4) is 0 Å². The lowest BCUT2D eigenvalue weighted by Crippen LogP contribution is -2.51. The zero-order chi connectivity index (χ0) is 27.0. The highest BCUT2D eigenvalue weighted by molar-refractivity contribution is 5.69. The van der Waals surface area contributed by atoms with E-state index in [0.29, 0.717) is 56.5 Å². The highest BCUT2D eigenvalue weighted by Crippen LogP contribution is 2.68. The summed E-state index contributed by atoms with van der Waals surface area (Å²) >= 11 is 0. The Morgan fingerprint density at radius 1 is 1.10 bits per heavy atom. The molecule has 2 aromatic rings. The summed E-state index contributed by atoms with van der Waals surface area (Å²) in [4.78, 5) is 12.1. The van der Waals surface area contributed by atoms with Crippen molar-refractivity contribution in [2.75, 3.05) is 19.8 Å². The lowest BCUT2D eigenvalue weighted by atomic mass is 9.53. The summed E-state index contributed by atoms with van der Waals surface area (Å²) in [5.41, 5.74) is 5.45. The van der Waals surface area contributed by atoms with Crippen molar-refractivity contribution in [3.05, 3.63) is 64.7 Å². The molecule has 0 radical (unpaired) electrons. The molecule has 1 aliphatic heterocycles. The van der Waals surface area contributed by atoms with Crippen LogP contribution in [0.5, 0.6) is 5.75 Å². The number of benzene rings is 2. The number of esters is 1. The molecule has 0 N–H and O–H groups in total. The van der Waals surface area contributed by atoms with Gasteiger partial charge in [-0.3, -0.25) is 4.79 Å². The first kappa shape index (κ1) is 26.8. The topological polar surface area (TPSA) is 54.0 Å². The maximum Gasteiger partial charge on any atom is 0.305 e. The molecule has 0 aromatic heterocycles. The van der Waals surface area contributed by atoms with Gasteiger partial charge in [0.15, 0.2) is 5.79 Å². The second-order valence-corrected chi connectivity index (χ2v) is 12.5. The predicted octanol–water partition coefficient (Wildman–Crippen LogP) is 7.13. The van der Waals surface area contributed by atoms with E-state index in [9.17, 15) is 4.79 Å². The van der Waals surface area contributed by atoms with E-state index in [0.717, 1.165) is 37.9 Å². The number of carbonyl (C=O) groups is 1. The minimum absolute atomic E-state index is 0.0184. The Kier molecular flexibility index (Phi) is 7.49. The number of hydrogen-bond donors (Lipinski definition) is 0. The monoisotopic (exact) mass is 532 g/mol. The third-order valence-corrected chi connectivity index (χ3v) is 10.4. The molecule has 39 heavy (non-hydrogen) atoms. The number of hydrogen-bond acceptors (Lipinski definition) is 5. The Bertz CT molecular complexity index is 1170. The van der Waals surface area contributed by atoms with Gasteiger partial charge in [-0.25, -0.2) is 0 Å². The van der Waals surface area contributed by atoms with Gasteiger partial charge in [0.25, 0.3) is 0 Å². The maximum atomic E-state index is 12.1. The van der Waals surface area contributed by atoms with Gasteiger partial charge >= 0.3 is 5.97 Å². The molecule has 2 aromatic carbocycles. The lowest BCUT2D eigenvalue weighted by Gasteiger charge is -2.53. The van der Waals surface area contributed by atoms with Crippen LogP contribution in [-0.2, 0) is 32.0 Å². The number of carbonyl (C=O) groups excluding carboxylic acids is 1. The number of ether oxygens (including phenoxy) is 4. The Morgan fingerprint density at radius 3 is 2.67 bits per heavy atom. The highest BCUT2D eigenvalue weighted by Gasteiger charge is 2.68. The van der Waals surface area contributed by atoms with Crippen LogP contribution in [0.4, 0.5) is 0 Å². The van der Waals surface area contributed by atoms with Gasteiger partial charge in [-0.2, -0.15) is 0 Å². The molecule has 1 spiro atoms. The molecule has 0 bridgehead atoms. The van der Waals surface area contributed by atoms with Crippen LogP contribution in [0.2, 0.25) is 0 Å². The Labute approximate surface area is 233 Å². The van der Waals surface area contributed by atoms with Crippen molar-refractivity contribution in [2.24, 2.45) is 23.2 Å². The first-order valence-electron chi connectivity index (χ1n) is 15.2. The molecule has 6 rings (SSSR count). The van der Waals surface area contributed by atoms with Crippen molar-refractivity contribution in [1.82, 2.24) is 0 Å². The zero-order valence-electron chi connectivity index (χ0n) is 23.9. The third-order valence-electron chi connectivity index (χ3n) is 10.4. The van der Waals surface area contributed by atoms with Crippen LogP contribution < -0.4 is 4.74 Å². The summed E-state index contributed by atoms with van der Waals surface area (Å²) in [6, 6.07) is 15.2. The molecule has 0 amide bonds. The van der Waals surface area contributed by atoms with Crippen LogP contribution in [0.25, 0.3) is 0 Å². The van der Waals surface area contributed by atoms with Crippen molar-refractivity contribution >= 4 is 5.97 Å². The normalized spacial score (nSPS) is 30.4. The SMILES string of the molecule is CCOC(=O)CCC[C@H]1CC2(OCCO2)[C@@]2(C)CC[C@@H]3c4cc(C)c(OCc5ccccc5)cc4CC[C@H]3[C@H]12. The van der Waals surface area contributed by atoms with E-state index >= 15 is 0 Å². The van der Waals surface area contributed by atoms with Crippen LogP contribution >= 0.6 is 0 Å². The zero-order valence-corrected chi connectivity index (χ0v) is 23.9. The number of fused-ring (bicyclic) bond motifs is 6. The molecule has 3 aliphatic carbocycles. The van der Waals surface area contributed by atoms with Gasteiger partial charge in [0.05, 0.1) is 19.8 Å². The molecule has 5 atom stereocenters. The maximum absolute atomic E-state index is 12.1. The van der Waals surface area contributed by atoms with E-state index in [-0.39, 0.29) is 11.4 Å². The molecule has 1 heterocycles. The van der Waals surface area contributed by atoms with E-state index in [1.54, 1.807) is 0 Å². The van der Waals surface area contributed by atoms with Gasteiger partial charge < -0.3 is 18.9 Å². The van der Waals surface area contributed by atoms with Crippen molar-refractivity contribution in [2.45, 2.75) is 90.4 Å². The summed E-state index contributed by atoms with van der Waals surface area (Å²) in [5.74, 6) is 2.72.